The average Bonchev–Trinajstić information content (AvgIpc) is 2.91. The van der Waals surface area contributed by atoms with Gasteiger partial charge in [0.25, 0.3) is 0 Å². The number of carboxylic acids is 1. The van der Waals surface area contributed by atoms with E-state index in [1.54, 1.807) is 0 Å². The Bertz CT molecular complexity index is 469. The molecule has 1 amide bonds. The van der Waals surface area contributed by atoms with Crippen molar-refractivity contribution in [3.05, 3.63) is 24.3 Å². The number of aromatic amines is 1. The molecule has 0 saturated heterocycles. The highest BCUT2D eigenvalue weighted by Crippen LogP contribution is 2.25. The maximum atomic E-state index is 12.0. The zero-order valence-electron chi connectivity index (χ0n) is 10.4. The van der Waals surface area contributed by atoms with Crippen molar-refractivity contribution < 1.29 is 14.7 Å². The monoisotopic (exact) mass is 264 g/mol. The number of carbonyl (C=O) groups is 2. The van der Waals surface area contributed by atoms with Gasteiger partial charge in [-0.15, -0.1) is 0 Å². The normalized spacial score (nSPS) is 22.1. The Morgan fingerprint density at radius 1 is 1.37 bits per heavy atom. The number of H-pyrrole nitrogens is 1. The molecule has 1 aromatic rings. The number of nitrogens with one attached hydrogen (secondary N) is 2. The first-order chi connectivity index (χ1) is 9.18. The van der Waals surface area contributed by atoms with E-state index < -0.39 is 17.8 Å². The SMILES string of the molecule is O=C(O)[C@H]1CC=CC[C@H]1C(=O)NCCc1ncn[nH]1. The Labute approximate surface area is 110 Å². The third-order valence-electron chi connectivity index (χ3n) is 3.21. The molecule has 1 aliphatic rings. The van der Waals surface area contributed by atoms with Gasteiger partial charge in [-0.3, -0.25) is 14.7 Å². The van der Waals surface area contributed by atoms with Crippen LogP contribution in [0.2, 0.25) is 0 Å². The summed E-state index contributed by atoms with van der Waals surface area (Å²) in [6.07, 6.45) is 6.52. The van der Waals surface area contributed by atoms with Crippen LogP contribution in [0.15, 0.2) is 18.5 Å². The Balaban J connectivity index is 1.84. The zero-order chi connectivity index (χ0) is 13.7. The topological polar surface area (TPSA) is 108 Å². The fourth-order valence-electron chi connectivity index (χ4n) is 2.16. The van der Waals surface area contributed by atoms with Crippen LogP contribution in [0.5, 0.6) is 0 Å². The van der Waals surface area contributed by atoms with E-state index in [1.165, 1.54) is 6.33 Å². The van der Waals surface area contributed by atoms with Crippen molar-refractivity contribution in [1.82, 2.24) is 20.5 Å². The molecule has 0 fully saturated rings. The van der Waals surface area contributed by atoms with Gasteiger partial charge in [0.05, 0.1) is 11.8 Å². The molecule has 0 saturated carbocycles. The number of amides is 1. The van der Waals surface area contributed by atoms with Crippen LogP contribution < -0.4 is 5.32 Å². The minimum Gasteiger partial charge on any atom is -0.481 e. The van der Waals surface area contributed by atoms with Crippen LogP contribution in [0, 0.1) is 11.8 Å². The van der Waals surface area contributed by atoms with Crippen LogP contribution in [0.1, 0.15) is 18.7 Å². The van der Waals surface area contributed by atoms with E-state index in [0.29, 0.717) is 31.6 Å². The van der Waals surface area contributed by atoms with Gasteiger partial charge in [0, 0.05) is 13.0 Å². The first kappa shape index (κ1) is 13.3. The van der Waals surface area contributed by atoms with E-state index in [0.717, 1.165) is 0 Å². The zero-order valence-corrected chi connectivity index (χ0v) is 10.4. The highest BCUT2D eigenvalue weighted by molar-refractivity contribution is 5.85. The largest absolute Gasteiger partial charge is 0.481 e. The molecule has 1 heterocycles. The van der Waals surface area contributed by atoms with Crippen LogP contribution in [-0.4, -0.2) is 38.7 Å². The van der Waals surface area contributed by atoms with Crippen LogP contribution in [0.4, 0.5) is 0 Å². The summed E-state index contributed by atoms with van der Waals surface area (Å²) in [6.45, 7) is 0.417. The van der Waals surface area contributed by atoms with Crippen LogP contribution in [0.3, 0.4) is 0 Å². The molecule has 0 spiro atoms. The lowest BCUT2D eigenvalue weighted by Crippen LogP contribution is -2.39. The molecule has 0 aromatic carbocycles. The number of carboxylic acid groups (broad SMARTS) is 1. The number of aliphatic carboxylic acids is 1. The molecular weight excluding hydrogens is 248 g/mol. The predicted octanol–water partition coefficient (Wildman–Crippen LogP) is 0.130. The molecule has 0 unspecified atom stereocenters. The highest BCUT2D eigenvalue weighted by atomic mass is 16.4. The van der Waals surface area contributed by atoms with Gasteiger partial charge >= 0.3 is 5.97 Å². The van der Waals surface area contributed by atoms with Crippen molar-refractivity contribution >= 4 is 11.9 Å². The first-order valence-electron chi connectivity index (χ1n) is 6.18. The molecule has 2 rings (SSSR count). The lowest BCUT2D eigenvalue weighted by atomic mass is 9.82. The van der Waals surface area contributed by atoms with Crippen molar-refractivity contribution in [3.8, 4) is 0 Å². The van der Waals surface area contributed by atoms with Gasteiger partial charge in [-0.1, -0.05) is 12.2 Å². The third kappa shape index (κ3) is 3.40. The molecule has 7 nitrogen and oxygen atoms in total. The summed E-state index contributed by atoms with van der Waals surface area (Å²) < 4.78 is 0. The second-order valence-electron chi connectivity index (χ2n) is 4.47. The second-order valence-corrected chi connectivity index (χ2v) is 4.47. The maximum absolute atomic E-state index is 12.0. The molecular formula is C12H16N4O3. The van der Waals surface area contributed by atoms with Crippen molar-refractivity contribution in [2.75, 3.05) is 6.54 Å². The maximum Gasteiger partial charge on any atom is 0.307 e. The van der Waals surface area contributed by atoms with E-state index >= 15 is 0 Å². The fraction of sp³-hybridized carbons (Fsp3) is 0.500. The van der Waals surface area contributed by atoms with Gasteiger partial charge in [-0.25, -0.2) is 4.98 Å². The Morgan fingerprint density at radius 3 is 2.74 bits per heavy atom. The summed E-state index contributed by atoms with van der Waals surface area (Å²) >= 11 is 0. The van der Waals surface area contributed by atoms with Gasteiger partial charge in [-0.05, 0) is 12.8 Å². The predicted molar refractivity (Wildman–Crippen MR) is 66.1 cm³/mol. The fourth-order valence-corrected chi connectivity index (χ4v) is 2.16. The summed E-state index contributed by atoms with van der Waals surface area (Å²) in [6, 6.07) is 0. The van der Waals surface area contributed by atoms with E-state index in [9.17, 15) is 9.59 Å². The highest BCUT2D eigenvalue weighted by Gasteiger charge is 2.33. The Morgan fingerprint density at radius 2 is 2.11 bits per heavy atom. The third-order valence-corrected chi connectivity index (χ3v) is 3.21. The van der Waals surface area contributed by atoms with Gasteiger partial charge in [-0.2, -0.15) is 5.10 Å². The number of carbonyl (C=O) groups excluding carboxylic acids is 1. The number of hydrogen-bond donors (Lipinski definition) is 3. The molecule has 3 N–H and O–H groups in total. The standard InChI is InChI=1S/C12H16N4O3/c17-11(13-6-5-10-14-7-15-16-10)8-3-1-2-4-9(8)12(18)19/h1-2,7-9H,3-6H2,(H,13,17)(H,18,19)(H,14,15,16)/t8-,9+/m1/s1. The molecule has 1 aromatic heterocycles. The van der Waals surface area contributed by atoms with E-state index in [1.807, 2.05) is 12.2 Å². The average molecular weight is 264 g/mol. The molecule has 102 valence electrons. The number of hydrogen-bond acceptors (Lipinski definition) is 4. The van der Waals surface area contributed by atoms with Crippen LogP contribution in [-0.2, 0) is 16.0 Å². The quantitative estimate of drug-likeness (QED) is 0.655. The van der Waals surface area contributed by atoms with Crippen LogP contribution in [0.25, 0.3) is 0 Å². The molecule has 0 radical (unpaired) electrons. The van der Waals surface area contributed by atoms with E-state index in [-0.39, 0.29) is 5.91 Å². The molecule has 1 aliphatic carbocycles. The smallest absolute Gasteiger partial charge is 0.307 e. The number of rotatable bonds is 5. The number of allylic oxidation sites excluding steroid dienone is 2. The molecule has 0 aliphatic heterocycles. The minimum absolute atomic E-state index is 0.212. The van der Waals surface area contributed by atoms with Gasteiger partial charge in [0.1, 0.15) is 12.2 Å². The number of aromatic nitrogens is 3. The van der Waals surface area contributed by atoms with E-state index in [2.05, 4.69) is 20.5 Å². The van der Waals surface area contributed by atoms with Gasteiger partial charge < -0.3 is 10.4 Å². The van der Waals surface area contributed by atoms with Crippen molar-refractivity contribution in [3.63, 3.8) is 0 Å². The summed E-state index contributed by atoms with van der Waals surface area (Å²) in [5, 5.41) is 18.3. The summed E-state index contributed by atoms with van der Waals surface area (Å²) in [5.41, 5.74) is 0. The molecule has 0 bridgehead atoms. The van der Waals surface area contributed by atoms with Crippen molar-refractivity contribution in [2.24, 2.45) is 11.8 Å². The first-order valence-corrected chi connectivity index (χ1v) is 6.18. The summed E-state index contributed by atoms with van der Waals surface area (Å²) in [4.78, 5) is 27.0. The van der Waals surface area contributed by atoms with Gasteiger partial charge in [0.2, 0.25) is 5.91 Å². The molecule has 2 atom stereocenters. The lowest BCUT2D eigenvalue weighted by Gasteiger charge is -2.24. The van der Waals surface area contributed by atoms with Gasteiger partial charge in [0.15, 0.2) is 0 Å². The lowest BCUT2D eigenvalue weighted by molar-refractivity contribution is -0.147. The van der Waals surface area contributed by atoms with Crippen molar-refractivity contribution in [2.45, 2.75) is 19.3 Å². The second kappa shape index (κ2) is 6.12. The Hall–Kier alpha value is -2.18. The minimum atomic E-state index is -0.917. The Kier molecular flexibility index (Phi) is 4.27. The number of nitrogens with zero attached hydrogens (tertiary/aromatic N) is 2. The molecule has 7 heteroatoms. The summed E-state index contributed by atoms with van der Waals surface area (Å²) in [5.74, 6) is -1.55. The summed E-state index contributed by atoms with van der Waals surface area (Å²) in [7, 11) is 0. The van der Waals surface area contributed by atoms with E-state index in [4.69, 9.17) is 5.11 Å². The molecule has 19 heavy (non-hydrogen) atoms. The van der Waals surface area contributed by atoms with Crippen molar-refractivity contribution in [1.29, 1.82) is 0 Å². The van der Waals surface area contributed by atoms with Crippen LogP contribution >= 0.6 is 0 Å².